The maximum Gasteiger partial charge on any atom is 0.307 e. The fraction of sp³-hybridized carbons (Fsp3) is 0.333. The van der Waals surface area contributed by atoms with Crippen molar-refractivity contribution in [3.05, 3.63) is 28.8 Å². The molecule has 0 atom stereocenters. The molecule has 0 bridgehead atoms. The second-order valence-electron chi connectivity index (χ2n) is 2.99. The molecule has 0 unspecified atom stereocenters. The van der Waals surface area contributed by atoms with E-state index in [4.69, 9.17) is 5.11 Å². The third-order valence-electron chi connectivity index (χ3n) is 1.93. The Kier molecular flexibility index (Phi) is 3.28. The lowest BCUT2D eigenvalue weighted by Crippen LogP contribution is -2.07. The van der Waals surface area contributed by atoms with Crippen molar-refractivity contribution < 1.29 is 23.1 Å². The molecule has 82 valence electrons. The molecule has 1 N–H and O–H groups in total. The zero-order valence-corrected chi connectivity index (χ0v) is 7.80. The summed E-state index contributed by atoms with van der Waals surface area (Å²) >= 11 is 0. The van der Waals surface area contributed by atoms with Gasteiger partial charge in [-0.2, -0.15) is 4.39 Å². The van der Waals surface area contributed by atoms with Gasteiger partial charge in [-0.15, -0.1) is 0 Å². The monoisotopic (exact) mass is 219 g/mol. The number of carboxylic acid groups (broad SMARTS) is 1. The van der Waals surface area contributed by atoms with Gasteiger partial charge in [0.25, 0.3) is 6.43 Å². The molecular weight excluding hydrogens is 211 g/mol. The standard InChI is InChI=1S/C9H8F3NO2/c1-4-5(3-7(14)15)2-6(10)13-8(4)9(11)12/h2,9H,3H2,1H3,(H,14,15). The van der Waals surface area contributed by atoms with E-state index in [9.17, 15) is 18.0 Å². The summed E-state index contributed by atoms with van der Waals surface area (Å²) in [6.07, 6.45) is -3.40. The Morgan fingerprint density at radius 1 is 1.60 bits per heavy atom. The van der Waals surface area contributed by atoms with Crippen LogP contribution in [0.4, 0.5) is 13.2 Å². The zero-order valence-electron chi connectivity index (χ0n) is 7.80. The van der Waals surface area contributed by atoms with Crippen molar-refractivity contribution in [1.29, 1.82) is 0 Å². The summed E-state index contributed by atoms with van der Waals surface area (Å²) in [5.41, 5.74) is -0.662. The molecule has 0 aliphatic carbocycles. The van der Waals surface area contributed by atoms with Crippen LogP contribution in [0.5, 0.6) is 0 Å². The Labute approximate surface area is 83.6 Å². The van der Waals surface area contributed by atoms with Gasteiger partial charge in [-0.05, 0) is 24.1 Å². The Morgan fingerprint density at radius 3 is 2.67 bits per heavy atom. The third kappa shape index (κ3) is 2.68. The Hall–Kier alpha value is -1.59. The molecule has 0 amide bonds. The van der Waals surface area contributed by atoms with E-state index in [1.54, 1.807) is 0 Å². The number of rotatable bonds is 3. The molecule has 0 saturated carbocycles. The molecule has 0 aliphatic rings. The van der Waals surface area contributed by atoms with Crippen molar-refractivity contribution in [1.82, 2.24) is 4.98 Å². The largest absolute Gasteiger partial charge is 0.481 e. The quantitative estimate of drug-likeness (QED) is 0.792. The molecule has 0 aliphatic heterocycles. The SMILES string of the molecule is Cc1c(CC(=O)O)cc(F)nc1C(F)F. The minimum absolute atomic E-state index is 0.0188. The smallest absolute Gasteiger partial charge is 0.307 e. The predicted molar refractivity (Wildman–Crippen MR) is 45.2 cm³/mol. The van der Waals surface area contributed by atoms with E-state index in [0.717, 1.165) is 6.07 Å². The summed E-state index contributed by atoms with van der Waals surface area (Å²) < 4.78 is 37.5. The number of carbonyl (C=O) groups is 1. The van der Waals surface area contributed by atoms with E-state index in [2.05, 4.69) is 4.98 Å². The molecule has 1 aromatic rings. The van der Waals surface area contributed by atoms with Crippen LogP contribution in [0.1, 0.15) is 23.2 Å². The van der Waals surface area contributed by atoms with Gasteiger partial charge < -0.3 is 5.11 Å². The first-order chi connectivity index (χ1) is 6.91. The van der Waals surface area contributed by atoms with Gasteiger partial charge in [0.2, 0.25) is 5.95 Å². The van der Waals surface area contributed by atoms with Gasteiger partial charge >= 0.3 is 5.97 Å². The first-order valence-corrected chi connectivity index (χ1v) is 4.07. The van der Waals surface area contributed by atoms with Gasteiger partial charge in [0.05, 0.1) is 6.42 Å². The molecule has 0 saturated heterocycles. The molecule has 15 heavy (non-hydrogen) atoms. The average Bonchev–Trinajstić information content (AvgIpc) is 2.09. The summed E-state index contributed by atoms with van der Waals surface area (Å²) in [4.78, 5) is 13.4. The molecule has 6 heteroatoms. The van der Waals surface area contributed by atoms with E-state index in [0.29, 0.717) is 0 Å². The summed E-state index contributed by atoms with van der Waals surface area (Å²) in [6.45, 7) is 1.30. The van der Waals surface area contributed by atoms with Gasteiger partial charge in [0.15, 0.2) is 0 Å². The van der Waals surface area contributed by atoms with E-state index < -0.39 is 30.5 Å². The molecular formula is C9H8F3NO2. The minimum atomic E-state index is -2.91. The van der Waals surface area contributed by atoms with Crippen molar-refractivity contribution in [2.45, 2.75) is 19.8 Å². The van der Waals surface area contributed by atoms with Crippen LogP contribution in [-0.2, 0) is 11.2 Å². The van der Waals surface area contributed by atoms with Crippen molar-refractivity contribution in [2.75, 3.05) is 0 Å². The van der Waals surface area contributed by atoms with Gasteiger partial charge in [0, 0.05) is 0 Å². The first kappa shape index (κ1) is 11.5. The lowest BCUT2D eigenvalue weighted by atomic mass is 10.1. The number of hydrogen-bond acceptors (Lipinski definition) is 2. The summed E-state index contributed by atoms with van der Waals surface area (Å²) in [5, 5.41) is 8.48. The number of alkyl halides is 2. The number of halogens is 3. The first-order valence-electron chi connectivity index (χ1n) is 4.07. The number of hydrogen-bond donors (Lipinski definition) is 1. The normalized spacial score (nSPS) is 10.7. The lowest BCUT2D eigenvalue weighted by molar-refractivity contribution is -0.136. The fourth-order valence-electron chi connectivity index (χ4n) is 1.21. The van der Waals surface area contributed by atoms with Gasteiger partial charge in [-0.1, -0.05) is 0 Å². The topological polar surface area (TPSA) is 50.2 Å². The fourth-order valence-corrected chi connectivity index (χ4v) is 1.21. The van der Waals surface area contributed by atoms with Crippen molar-refractivity contribution >= 4 is 5.97 Å². The average molecular weight is 219 g/mol. The van der Waals surface area contributed by atoms with Crippen LogP contribution in [0, 0.1) is 12.9 Å². The van der Waals surface area contributed by atoms with Crippen LogP contribution in [0.25, 0.3) is 0 Å². The van der Waals surface area contributed by atoms with Crippen LogP contribution >= 0.6 is 0 Å². The molecule has 1 rings (SSSR count). The molecule has 0 spiro atoms. The van der Waals surface area contributed by atoms with Gasteiger partial charge in [0.1, 0.15) is 5.69 Å². The van der Waals surface area contributed by atoms with E-state index >= 15 is 0 Å². The lowest BCUT2D eigenvalue weighted by Gasteiger charge is -2.08. The summed E-state index contributed by atoms with van der Waals surface area (Å²) in [5.74, 6) is -2.30. The Bertz CT molecular complexity index is 393. The Morgan fingerprint density at radius 2 is 2.20 bits per heavy atom. The highest BCUT2D eigenvalue weighted by atomic mass is 19.3. The van der Waals surface area contributed by atoms with Crippen molar-refractivity contribution in [3.63, 3.8) is 0 Å². The summed E-state index contributed by atoms with van der Waals surface area (Å²) in [6, 6.07) is 0.856. The van der Waals surface area contributed by atoms with Crippen LogP contribution in [0.15, 0.2) is 6.07 Å². The van der Waals surface area contributed by atoms with Gasteiger partial charge in [-0.3, -0.25) is 4.79 Å². The number of nitrogens with zero attached hydrogens (tertiary/aromatic N) is 1. The van der Waals surface area contributed by atoms with Crippen LogP contribution in [-0.4, -0.2) is 16.1 Å². The maximum absolute atomic E-state index is 12.8. The molecule has 0 aromatic carbocycles. The zero-order chi connectivity index (χ0) is 11.6. The van der Waals surface area contributed by atoms with Gasteiger partial charge in [-0.25, -0.2) is 13.8 Å². The molecule has 0 radical (unpaired) electrons. The molecule has 1 aromatic heterocycles. The second kappa shape index (κ2) is 4.29. The number of carboxylic acids is 1. The highest BCUT2D eigenvalue weighted by Crippen LogP contribution is 2.23. The number of aliphatic carboxylic acids is 1. The maximum atomic E-state index is 12.8. The second-order valence-corrected chi connectivity index (χ2v) is 2.99. The molecule has 1 heterocycles. The summed E-state index contributed by atoms with van der Waals surface area (Å²) in [7, 11) is 0. The van der Waals surface area contributed by atoms with Crippen LogP contribution in [0.3, 0.4) is 0 Å². The van der Waals surface area contributed by atoms with E-state index in [-0.39, 0.29) is 11.1 Å². The number of aromatic nitrogens is 1. The predicted octanol–water partition coefficient (Wildman–Crippen LogP) is 2.09. The van der Waals surface area contributed by atoms with Crippen LogP contribution < -0.4 is 0 Å². The van der Waals surface area contributed by atoms with E-state index in [1.807, 2.05) is 0 Å². The van der Waals surface area contributed by atoms with Crippen molar-refractivity contribution in [3.8, 4) is 0 Å². The highest BCUT2D eigenvalue weighted by molar-refractivity contribution is 5.70. The van der Waals surface area contributed by atoms with Crippen LogP contribution in [0.2, 0.25) is 0 Å². The van der Waals surface area contributed by atoms with Crippen molar-refractivity contribution in [2.24, 2.45) is 0 Å². The number of pyridine rings is 1. The highest BCUT2D eigenvalue weighted by Gasteiger charge is 2.18. The minimum Gasteiger partial charge on any atom is -0.481 e. The van der Waals surface area contributed by atoms with E-state index in [1.165, 1.54) is 6.92 Å². The Balaban J connectivity index is 3.21. The molecule has 3 nitrogen and oxygen atoms in total. The molecule has 0 fully saturated rings. The third-order valence-corrected chi connectivity index (χ3v) is 1.93.